The van der Waals surface area contributed by atoms with E-state index < -0.39 is 0 Å². The number of rotatable bonds is 2. The molecule has 1 aliphatic carbocycles. The number of aryl methyl sites for hydroxylation is 1. The van der Waals surface area contributed by atoms with E-state index in [1.807, 2.05) is 16.8 Å². The molecule has 1 aliphatic rings. The van der Waals surface area contributed by atoms with Gasteiger partial charge < -0.3 is 5.32 Å². The van der Waals surface area contributed by atoms with E-state index in [9.17, 15) is 0 Å². The molecule has 2 aromatic rings. The number of pyridine rings is 1. The first-order valence-electron chi connectivity index (χ1n) is 6.32. The summed E-state index contributed by atoms with van der Waals surface area (Å²) in [6, 6.07) is 4.60. The highest BCUT2D eigenvalue weighted by atomic mass is 15.3. The Kier molecular flexibility index (Phi) is 2.50. The molecule has 0 amide bonds. The molecule has 4 nitrogen and oxygen atoms in total. The fourth-order valence-corrected chi connectivity index (χ4v) is 2.57. The first-order valence-corrected chi connectivity index (χ1v) is 6.32. The minimum Gasteiger partial charge on any atom is -0.350 e. The maximum absolute atomic E-state index is 4.49. The van der Waals surface area contributed by atoms with Gasteiger partial charge in [0.05, 0.1) is 0 Å². The second-order valence-electron chi connectivity index (χ2n) is 5.10. The van der Waals surface area contributed by atoms with Crippen LogP contribution in [0.4, 0.5) is 5.95 Å². The third kappa shape index (κ3) is 1.99. The predicted octanol–water partition coefficient (Wildman–Crippen LogP) is 2.64. The molecule has 2 heterocycles. The van der Waals surface area contributed by atoms with Crippen LogP contribution in [0.1, 0.15) is 31.7 Å². The molecule has 0 aromatic carbocycles. The summed E-state index contributed by atoms with van der Waals surface area (Å²) in [4.78, 5) is 4.49. The van der Waals surface area contributed by atoms with Crippen molar-refractivity contribution in [2.24, 2.45) is 5.92 Å². The highest BCUT2D eigenvalue weighted by Crippen LogP contribution is 2.27. The monoisotopic (exact) mass is 230 g/mol. The summed E-state index contributed by atoms with van der Waals surface area (Å²) in [6.45, 7) is 4.36. The minimum absolute atomic E-state index is 0.536. The second-order valence-corrected chi connectivity index (χ2v) is 5.10. The van der Waals surface area contributed by atoms with Crippen molar-refractivity contribution >= 4 is 11.6 Å². The Morgan fingerprint density at radius 3 is 3.00 bits per heavy atom. The third-order valence-corrected chi connectivity index (χ3v) is 3.65. The van der Waals surface area contributed by atoms with Crippen molar-refractivity contribution in [3.05, 3.63) is 23.9 Å². The molecule has 1 fully saturated rings. The first kappa shape index (κ1) is 10.6. The van der Waals surface area contributed by atoms with Crippen LogP contribution < -0.4 is 5.32 Å². The number of hydrogen-bond donors (Lipinski definition) is 1. The number of nitrogens with one attached hydrogen (secondary N) is 1. The molecule has 4 heteroatoms. The van der Waals surface area contributed by atoms with Gasteiger partial charge in [-0.05, 0) is 37.3 Å². The van der Waals surface area contributed by atoms with Gasteiger partial charge in [-0.15, -0.1) is 5.10 Å². The van der Waals surface area contributed by atoms with Crippen LogP contribution in [0.2, 0.25) is 0 Å². The lowest BCUT2D eigenvalue weighted by Gasteiger charge is -2.15. The third-order valence-electron chi connectivity index (χ3n) is 3.65. The largest absolute Gasteiger partial charge is 0.350 e. The lowest BCUT2D eigenvalue weighted by Crippen LogP contribution is -2.22. The topological polar surface area (TPSA) is 42.2 Å². The molecular weight excluding hydrogens is 212 g/mol. The van der Waals surface area contributed by atoms with Gasteiger partial charge in [0.1, 0.15) is 0 Å². The van der Waals surface area contributed by atoms with E-state index in [1.54, 1.807) is 0 Å². The maximum Gasteiger partial charge on any atom is 0.243 e. The van der Waals surface area contributed by atoms with Crippen molar-refractivity contribution in [1.29, 1.82) is 0 Å². The fraction of sp³-hybridized carbons (Fsp3) is 0.538. The van der Waals surface area contributed by atoms with E-state index in [0.717, 1.165) is 17.5 Å². The Morgan fingerprint density at radius 2 is 2.24 bits per heavy atom. The summed E-state index contributed by atoms with van der Waals surface area (Å²) in [7, 11) is 0. The van der Waals surface area contributed by atoms with Gasteiger partial charge in [0.25, 0.3) is 0 Å². The maximum atomic E-state index is 4.49. The smallest absolute Gasteiger partial charge is 0.243 e. The van der Waals surface area contributed by atoms with E-state index >= 15 is 0 Å². The quantitative estimate of drug-likeness (QED) is 0.862. The first-order chi connectivity index (χ1) is 8.22. The lowest BCUT2D eigenvalue weighted by atomic mass is 10.1. The van der Waals surface area contributed by atoms with Gasteiger partial charge in [-0.1, -0.05) is 19.4 Å². The van der Waals surface area contributed by atoms with Crippen LogP contribution in [-0.4, -0.2) is 20.6 Å². The van der Waals surface area contributed by atoms with Crippen LogP contribution in [0, 0.1) is 12.8 Å². The summed E-state index contributed by atoms with van der Waals surface area (Å²) in [5, 5.41) is 7.92. The van der Waals surface area contributed by atoms with E-state index in [-0.39, 0.29) is 0 Å². The molecular formula is C13H18N4. The SMILES string of the molecule is Cc1ccc2nc(NC3CCCC3C)nn2c1. The zero-order valence-corrected chi connectivity index (χ0v) is 10.3. The van der Waals surface area contributed by atoms with Gasteiger partial charge in [0, 0.05) is 12.2 Å². The highest BCUT2D eigenvalue weighted by molar-refractivity contribution is 5.44. The van der Waals surface area contributed by atoms with Crippen molar-refractivity contribution < 1.29 is 0 Å². The molecule has 1 N–H and O–H groups in total. The van der Waals surface area contributed by atoms with Crippen molar-refractivity contribution in [3.63, 3.8) is 0 Å². The van der Waals surface area contributed by atoms with Crippen molar-refractivity contribution in [3.8, 4) is 0 Å². The molecule has 0 saturated heterocycles. The Hall–Kier alpha value is -1.58. The highest BCUT2D eigenvalue weighted by Gasteiger charge is 2.24. The van der Waals surface area contributed by atoms with E-state index in [1.165, 1.54) is 24.8 Å². The molecule has 2 unspecified atom stereocenters. The minimum atomic E-state index is 0.536. The van der Waals surface area contributed by atoms with Crippen LogP contribution in [0.5, 0.6) is 0 Å². The molecule has 2 aromatic heterocycles. The molecule has 0 aliphatic heterocycles. The van der Waals surface area contributed by atoms with Crippen LogP contribution in [-0.2, 0) is 0 Å². The number of anilines is 1. The zero-order valence-electron chi connectivity index (χ0n) is 10.3. The van der Waals surface area contributed by atoms with Gasteiger partial charge in [0.15, 0.2) is 5.65 Å². The van der Waals surface area contributed by atoms with Crippen molar-refractivity contribution in [1.82, 2.24) is 14.6 Å². The van der Waals surface area contributed by atoms with Crippen LogP contribution >= 0.6 is 0 Å². The molecule has 17 heavy (non-hydrogen) atoms. The van der Waals surface area contributed by atoms with Crippen LogP contribution in [0.3, 0.4) is 0 Å². The normalized spacial score (nSPS) is 24.4. The number of aromatic nitrogens is 3. The summed E-state index contributed by atoms with van der Waals surface area (Å²) in [6.07, 6.45) is 5.86. The van der Waals surface area contributed by atoms with Crippen LogP contribution in [0.15, 0.2) is 18.3 Å². The molecule has 0 radical (unpaired) electrons. The van der Waals surface area contributed by atoms with Gasteiger partial charge >= 0.3 is 0 Å². The summed E-state index contributed by atoms with van der Waals surface area (Å²) >= 11 is 0. The van der Waals surface area contributed by atoms with Gasteiger partial charge in [-0.3, -0.25) is 0 Å². The zero-order chi connectivity index (χ0) is 11.8. The van der Waals surface area contributed by atoms with E-state index in [2.05, 4.69) is 35.3 Å². The molecule has 0 bridgehead atoms. The Labute approximate surface area is 101 Å². The van der Waals surface area contributed by atoms with Crippen molar-refractivity contribution in [2.75, 3.05) is 5.32 Å². The van der Waals surface area contributed by atoms with E-state index in [4.69, 9.17) is 0 Å². The molecule has 3 rings (SSSR count). The predicted molar refractivity (Wildman–Crippen MR) is 68.1 cm³/mol. The summed E-state index contributed by atoms with van der Waals surface area (Å²) < 4.78 is 1.84. The Bertz CT molecular complexity index is 531. The second kappa shape index (κ2) is 4.02. The number of fused-ring (bicyclic) bond motifs is 1. The Balaban J connectivity index is 1.85. The number of nitrogens with zero attached hydrogens (tertiary/aromatic N) is 3. The summed E-state index contributed by atoms with van der Waals surface area (Å²) in [5.41, 5.74) is 2.10. The van der Waals surface area contributed by atoms with Gasteiger partial charge in [-0.2, -0.15) is 4.98 Å². The Morgan fingerprint density at radius 1 is 1.35 bits per heavy atom. The fourth-order valence-electron chi connectivity index (χ4n) is 2.57. The average Bonchev–Trinajstić information content (AvgIpc) is 2.85. The van der Waals surface area contributed by atoms with E-state index in [0.29, 0.717) is 6.04 Å². The molecule has 1 saturated carbocycles. The standard InChI is InChI=1S/C13H18N4/c1-9-6-7-12-15-13(16-17(12)8-9)14-11-5-3-4-10(11)2/h6-8,10-11H,3-5H2,1-2H3,(H,14,16). The average molecular weight is 230 g/mol. The van der Waals surface area contributed by atoms with Crippen molar-refractivity contribution in [2.45, 2.75) is 39.2 Å². The number of hydrogen-bond acceptors (Lipinski definition) is 3. The van der Waals surface area contributed by atoms with Gasteiger partial charge in [0.2, 0.25) is 5.95 Å². The molecule has 0 spiro atoms. The van der Waals surface area contributed by atoms with Crippen LogP contribution in [0.25, 0.3) is 5.65 Å². The molecule has 90 valence electrons. The lowest BCUT2D eigenvalue weighted by molar-refractivity contribution is 0.553. The molecule has 2 atom stereocenters. The summed E-state index contributed by atoms with van der Waals surface area (Å²) in [5.74, 6) is 1.48. The van der Waals surface area contributed by atoms with Gasteiger partial charge in [-0.25, -0.2) is 4.52 Å².